The van der Waals surface area contributed by atoms with Crippen LogP contribution in [0.5, 0.6) is 17.2 Å². The minimum Gasteiger partial charge on any atom is -0.497 e. The summed E-state index contributed by atoms with van der Waals surface area (Å²) < 4.78 is 17.3. The van der Waals surface area contributed by atoms with Gasteiger partial charge in [-0.05, 0) is 48.7 Å². The molecule has 0 aliphatic carbocycles. The Bertz CT molecular complexity index is 1180. The van der Waals surface area contributed by atoms with E-state index < -0.39 is 0 Å². The van der Waals surface area contributed by atoms with Crippen LogP contribution in [0, 0.1) is 6.92 Å². The van der Waals surface area contributed by atoms with Crippen LogP contribution in [0.3, 0.4) is 0 Å². The molecule has 2 aliphatic heterocycles. The van der Waals surface area contributed by atoms with Crippen LogP contribution in [0.4, 0.5) is 0 Å². The fraction of sp³-hybridized carbons (Fsp3) is 0.222. The molecule has 3 aromatic carbocycles. The number of fused-ring (bicyclic) bond motifs is 2. The molecule has 32 heavy (non-hydrogen) atoms. The van der Waals surface area contributed by atoms with Gasteiger partial charge in [-0.15, -0.1) is 0 Å². The number of ether oxygens (including phenoxy) is 3. The predicted molar refractivity (Wildman–Crippen MR) is 123 cm³/mol. The average Bonchev–Trinajstić information content (AvgIpc) is 3.14. The van der Waals surface area contributed by atoms with E-state index in [9.17, 15) is 4.79 Å². The zero-order chi connectivity index (χ0) is 22.1. The van der Waals surface area contributed by atoms with E-state index in [2.05, 4.69) is 17.0 Å². The maximum Gasteiger partial charge on any atom is 0.231 e. The lowest BCUT2D eigenvalue weighted by Gasteiger charge is -2.30. The topological polar surface area (TPSA) is 48.0 Å². The third-order valence-corrected chi connectivity index (χ3v) is 5.97. The molecule has 5 nitrogen and oxygen atoms in total. The van der Waals surface area contributed by atoms with Gasteiger partial charge in [0, 0.05) is 24.2 Å². The molecule has 5 rings (SSSR count). The molecule has 2 aliphatic rings. The summed E-state index contributed by atoms with van der Waals surface area (Å²) >= 11 is 0. The molecule has 162 valence electrons. The van der Waals surface area contributed by atoms with Crippen molar-refractivity contribution in [2.24, 2.45) is 0 Å². The zero-order valence-electron chi connectivity index (χ0n) is 18.3. The molecule has 0 radical (unpaired) electrons. The summed E-state index contributed by atoms with van der Waals surface area (Å²) in [5, 5.41) is 0. The molecular formula is C27H25NO4. The third kappa shape index (κ3) is 3.87. The van der Waals surface area contributed by atoms with Gasteiger partial charge < -0.3 is 14.2 Å². The largest absolute Gasteiger partial charge is 0.497 e. The number of benzene rings is 3. The Morgan fingerprint density at radius 3 is 2.59 bits per heavy atom. The number of nitrogens with zero attached hydrogens (tertiary/aromatic N) is 1. The third-order valence-electron chi connectivity index (χ3n) is 5.97. The van der Waals surface area contributed by atoms with E-state index >= 15 is 0 Å². The van der Waals surface area contributed by atoms with Crippen LogP contribution in [-0.2, 0) is 13.0 Å². The van der Waals surface area contributed by atoms with E-state index in [1.54, 1.807) is 13.2 Å². The molecular weight excluding hydrogens is 402 g/mol. The van der Waals surface area contributed by atoms with Gasteiger partial charge in [-0.2, -0.15) is 0 Å². The van der Waals surface area contributed by atoms with Crippen molar-refractivity contribution in [3.8, 4) is 17.2 Å². The van der Waals surface area contributed by atoms with Crippen LogP contribution in [0.1, 0.15) is 32.6 Å². The standard InChI is InChI=1S/C27H25NO4/c1-18-26-21(16-28(17-31-26)13-12-19-8-10-22(30-2)11-9-19)15-23-25(29)24(32-27(18)23)14-20-6-4-3-5-7-20/h3-11,14-15H,12-13,16-17H2,1-2H3/b24-14-. The fourth-order valence-electron chi connectivity index (χ4n) is 4.22. The predicted octanol–water partition coefficient (Wildman–Crippen LogP) is 5.01. The van der Waals surface area contributed by atoms with Gasteiger partial charge >= 0.3 is 0 Å². The summed E-state index contributed by atoms with van der Waals surface area (Å²) in [5.41, 5.74) is 4.72. The first-order chi connectivity index (χ1) is 15.6. The van der Waals surface area contributed by atoms with Crippen molar-refractivity contribution < 1.29 is 19.0 Å². The second-order valence-corrected chi connectivity index (χ2v) is 8.14. The van der Waals surface area contributed by atoms with Crippen LogP contribution in [-0.4, -0.2) is 31.1 Å². The monoisotopic (exact) mass is 427 g/mol. The molecule has 3 aromatic rings. The van der Waals surface area contributed by atoms with Crippen molar-refractivity contribution in [1.29, 1.82) is 0 Å². The molecule has 2 heterocycles. The van der Waals surface area contributed by atoms with Gasteiger partial charge in [0.1, 0.15) is 24.0 Å². The highest BCUT2D eigenvalue weighted by Crippen LogP contribution is 2.43. The van der Waals surface area contributed by atoms with Crippen LogP contribution >= 0.6 is 0 Å². The second kappa shape index (κ2) is 8.52. The number of carbonyl (C=O) groups excluding carboxylic acids is 1. The number of hydrogen-bond acceptors (Lipinski definition) is 5. The number of carbonyl (C=O) groups is 1. The van der Waals surface area contributed by atoms with E-state index in [1.165, 1.54) is 5.56 Å². The minimum absolute atomic E-state index is 0.0786. The Labute approximate surface area is 187 Å². The Balaban J connectivity index is 1.33. The molecule has 0 atom stereocenters. The summed E-state index contributed by atoms with van der Waals surface area (Å²) in [4.78, 5) is 15.3. The van der Waals surface area contributed by atoms with Crippen molar-refractivity contribution in [1.82, 2.24) is 4.90 Å². The van der Waals surface area contributed by atoms with Gasteiger partial charge in [0.05, 0.1) is 12.7 Å². The number of rotatable bonds is 5. The number of allylic oxidation sites excluding steroid dienone is 1. The molecule has 0 saturated carbocycles. The summed E-state index contributed by atoms with van der Waals surface area (Å²) in [6, 6.07) is 19.8. The van der Waals surface area contributed by atoms with E-state index in [0.717, 1.165) is 47.7 Å². The molecule has 0 N–H and O–H groups in total. The molecule has 0 amide bonds. The maximum atomic E-state index is 13.0. The molecule has 0 bridgehead atoms. The van der Waals surface area contributed by atoms with Crippen molar-refractivity contribution in [2.75, 3.05) is 20.4 Å². The van der Waals surface area contributed by atoms with Crippen LogP contribution in [0.2, 0.25) is 0 Å². The summed E-state index contributed by atoms with van der Waals surface area (Å²) in [6.45, 7) is 4.09. The smallest absolute Gasteiger partial charge is 0.231 e. The molecule has 5 heteroatoms. The molecule has 0 unspecified atom stereocenters. The molecule has 0 fully saturated rings. The van der Waals surface area contributed by atoms with Crippen LogP contribution < -0.4 is 14.2 Å². The van der Waals surface area contributed by atoms with E-state index in [4.69, 9.17) is 14.2 Å². The lowest BCUT2D eigenvalue weighted by Crippen LogP contribution is -2.34. The number of Topliss-reactive ketones (excluding diaryl/α,β-unsaturated/α-hetero) is 1. The summed E-state index contributed by atoms with van der Waals surface area (Å²) in [7, 11) is 1.67. The van der Waals surface area contributed by atoms with Gasteiger partial charge in [0.2, 0.25) is 5.78 Å². The van der Waals surface area contributed by atoms with Gasteiger partial charge in [0.15, 0.2) is 5.76 Å². The SMILES string of the molecule is COc1ccc(CCN2COc3c(cc4c(c3C)O/C(=C\c3ccccc3)C4=O)C2)cc1. The Morgan fingerprint density at radius 1 is 1.06 bits per heavy atom. The first kappa shape index (κ1) is 20.3. The highest BCUT2D eigenvalue weighted by atomic mass is 16.5. The molecule has 0 saturated heterocycles. The van der Waals surface area contributed by atoms with E-state index in [-0.39, 0.29) is 5.78 Å². The van der Waals surface area contributed by atoms with Crippen molar-refractivity contribution >= 4 is 11.9 Å². The van der Waals surface area contributed by atoms with Crippen LogP contribution in [0.15, 0.2) is 66.4 Å². The van der Waals surface area contributed by atoms with Gasteiger partial charge in [-0.1, -0.05) is 42.5 Å². The quantitative estimate of drug-likeness (QED) is 0.536. The number of hydrogen-bond donors (Lipinski definition) is 0. The highest BCUT2D eigenvalue weighted by Gasteiger charge is 2.33. The Hall–Kier alpha value is -3.57. The lowest BCUT2D eigenvalue weighted by atomic mass is 10.00. The lowest BCUT2D eigenvalue weighted by molar-refractivity contribution is 0.0954. The number of methoxy groups -OCH3 is 1. The van der Waals surface area contributed by atoms with Crippen molar-refractivity contribution in [3.63, 3.8) is 0 Å². The molecule has 0 aromatic heterocycles. The van der Waals surface area contributed by atoms with E-state index in [0.29, 0.717) is 23.8 Å². The zero-order valence-corrected chi connectivity index (χ0v) is 18.3. The summed E-state index contributed by atoms with van der Waals surface area (Å²) in [6.07, 6.45) is 2.71. The Kier molecular flexibility index (Phi) is 5.41. The molecule has 0 spiro atoms. The normalized spacial score (nSPS) is 16.3. The summed E-state index contributed by atoms with van der Waals surface area (Å²) in [5.74, 6) is 2.58. The Morgan fingerprint density at radius 2 is 1.84 bits per heavy atom. The van der Waals surface area contributed by atoms with Crippen LogP contribution in [0.25, 0.3) is 6.08 Å². The van der Waals surface area contributed by atoms with Gasteiger partial charge in [-0.25, -0.2) is 0 Å². The maximum absolute atomic E-state index is 13.0. The van der Waals surface area contributed by atoms with Crippen molar-refractivity contribution in [2.45, 2.75) is 19.9 Å². The highest BCUT2D eigenvalue weighted by molar-refractivity contribution is 6.15. The fourth-order valence-corrected chi connectivity index (χ4v) is 4.22. The minimum atomic E-state index is -0.0786. The second-order valence-electron chi connectivity index (χ2n) is 8.14. The number of ketones is 1. The van der Waals surface area contributed by atoms with Gasteiger partial charge in [-0.3, -0.25) is 9.69 Å². The van der Waals surface area contributed by atoms with E-state index in [1.807, 2.05) is 55.5 Å². The first-order valence-corrected chi connectivity index (χ1v) is 10.8. The van der Waals surface area contributed by atoms with Gasteiger partial charge in [0.25, 0.3) is 0 Å². The average molecular weight is 428 g/mol. The first-order valence-electron chi connectivity index (χ1n) is 10.8. The van der Waals surface area contributed by atoms with Crippen molar-refractivity contribution in [3.05, 3.63) is 94.2 Å².